The van der Waals surface area contributed by atoms with E-state index in [1.165, 1.54) is 16.6 Å². The van der Waals surface area contributed by atoms with Gasteiger partial charge >= 0.3 is 0 Å². The lowest BCUT2D eigenvalue weighted by molar-refractivity contribution is 1.46. The lowest BCUT2D eigenvalue weighted by Crippen LogP contribution is -1.88. The van der Waals surface area contributed by atoms with E-state index in [1.54, 1.807) is 0 Å². The minimum atomic E-state index is 1.09. The SMILES string of the molecule is Cc1ccc(C2=CC=CB2)cc1. The Morgan fingerprint density at radius 3 is 2.42 bits per heavy atom. The number of allylic oxidation sites excluding steroid dienone is 2. The van der Waals surface area contributed by atoms with Crippen LogP contribution < -0.4 is 0 Å². The second-order valence-corrected chi connectivity index (χ2v) is 3.19. The fraction of sp³-hybridized carbons (Fsp3) is 0.0909. The predicted octanol–water partition coefficient (Wildman–Crippen LogP) is 2.30. The van der Waals surface area contributed by atoms with Crippen LogP contribution in [0, 0.1) is 6.92 Å². The number of rotatable bonds is 1. The predicted molar refractivity (Wildman–Crippen MR) is 55.4 cm³/mol. The van der Waals surface area contributed by atoms with E-state index < -0.39 is 0 Å². The lowest BCUT2D eigenvalue weighted by atomic mass is 9.70. The quantitative estimate of drug-likeness (QED) is 0.544. The summed E-state index contributed by atoms with van der Waals surface area (Å²) in [4.78, 5) is 0. The van der Waals surface area contributed by atoms with Gasteiger partial charge in [0, 0.05) is 0 Å². The molecule has 0 aromatic heterocycles. The molecule has 0 radical (unpaired) electrons. The molecule has 1 heterocycles. The first-order valence-electron chi connectivity index (χ1n) is 4.29. The molecule has 1 aliphatic rings. The Bertz CT molecular complexity index is 331. The number of benzene rings is 1. The van der Waals surface area contributed by atoms with Crippen LogP contribution in [-0.2, 0) is 0 Å². The van der Waals surface area contributed by atoms with E-state index in [4.69, 9.17) is 0 Å². The molecule has 1 heteroatoms. The van der Waals surface area contributed by atoms with Gasteiger partial charge in [-0.1, -0.05) is 47.5 Å². The van der Waals surface area contributed by atoms with E-state index in [-0.39, 0.29) is 0 Å². The molecule has 1 aliphatic heterocycles. The summed E-state index contributed by atoms with van der Waals surface area (Å²) < 4.78 is 0. The van der Waals surface area contributed by atoms with Gasteiger partial charge in [0.05, 0.1) is 0 Å². The first-order valence-corrected chi connectivity index (χ1v) is 4.29. The highest BCUT2D eigenvalue weighted by Crippen LogP contribution is 2.17. The average molecular weight is 154 g/mol. The van der Waals surface area contributed by atoms with E-state index in [1.807, 2.05) is 0 Å². The Balaban J connectivity index is 2.30. The van der Waals surface area contributed by atoms with E-state index in [0.29, 0.717) is 0 Å². The van der Waals surface area contributed by atoms with Gasteiger partial charge in [0.15, 0.2) is 7.28 Å². The van der Waals surface area contributed by atoms with Crippen molar-refractivity contribution in [2.45, 2.75) is 6.92 Å². The van der Waals surface area contributed by atoms with Crippen LogP contribution in [-0.4, -0.2) is 7.28 Å². The van der Waals surface area contributed by atoms with Crippen LogP contribution >= 0.6 is 0 Å². The number of hydrogen-bond acceptors (Lipinski definition) is 0. The molecular formula is C11H11B. The third-order valence-electron chi connectivity index (χ3n) is 2.19. The Morgan fingerprint density at radius 1 is 1.08 bits per heavy atom. The van der Waals surface area contributed by atoms with E-state index >= 15 is 0 Å². The minimum Gasteiger partial charge on any atom is -0.114 e. The molecule has 58 valence electrons. The number of hydrogen-bond donors (Lipinski definition) is 0. The second-order valence-electron chi connectivity index (χ2n) is 3.19. The highest BCUT2D eigenvalue weighted by molar-refractivity contribution is 6.66. The normalized spacial score (nSPS) is 14.2. The van der Waals surface area contributed by atoms with Crippen LogP contribution in [0.5, 0.6) is 0 Å². The summed E-state index contributed by atoms with van der Waals surface area (Å²) >= 11 is 0. The van der Waals surface area contributed by atoms with E-state index in [0.717, 1.165) is 7.28 Å². The fourth-order valence-electron chi connectivity index (χ4n) is 1.43. The molecule has 1 aromatic rings. The van der Waals surface area contributed by atoms with Crippen molar-refractivity contribution in [1.29, 1.82) is 0 Å². The molecule has 2 rings (SSSR count). The van der Waals surface area contributed by atoms with Crippen LogP contribution in [0.1, 0.15) is 11.1 Å². The summed E-state index contributed by atoms with van der Waals surface area (Å²) in [6.45, 7) is 2.12. The molecule has 0 N–H and O–H groups in total. The van der Waals surface area contributed by atoms with E-state index in [2.05, 4.69) is 49.3 Å². The molecule has 0 spiro atoms. The topological polar surface area (TPSA) is 0 Å². The van der Waals surface area contributed by atoms with Crippen LogP contribution in [0.25, 0.3) is 5.47 Å². The zero-order valence-electron chi connectivity index (χ0n) is 7.25. The van der Waals surface area contributed by atoms with Gasteiger partial charge in [-0.15, -0.1) is 5.98 Å². The van der Waals surface area contributed by atoms with Gasteiger partial charge in [0.1, 0.15) is 0 Å². The van der Waals surface area contributed by atoms with Gasteiger partial charge in [-0.2, -0.15) is 0 Å². The van der Waals surface area contributed by atoms with Crippen molar-refractivity contribution in [2.75, 3.05) is 0 Å². The van der Waals surface area contributed by atoms with Crippen LogP contribution in [0.3, 0.4) is 0 Å². The van der Waals surface area contributed by atoms with Crippen LogP contribution in [0.15, 0.2) is 42.4 Å². The standard InChI is InChI=1S/C11H11B/c1-9-4-6-10(7-5-9)11-3-2-8-12-11/h2-8,12H,1H3. The maximum Gasteiger partial charge on any atom is 0.183 e. The molecule has 0 aliphatic carbocycles. The third-order valence-corrected chi connectivity index (χ3v) is 2.19. The number of aryl methyl sites for hydroxylation is 1. The van der Waals surface area contributed by atoms with Crippen molar-refractivity contribution in [1.82, 2.24) is 0 Å². The zero-order chi connectivity index (χ0) is 8.39. The molecule has 0 amide bonds. The largest absolute Gasteiger partial charge is 0.183 e. The molecule has 0 saturated heterocycles. The van der Waals surface area contributed by atoms with Crippen molar-refractivity contribution in [3.63, 3.8) is 0 Å². The lowest BCUT2D eigenvalue weighted by Gasteiger charge is -2.00. The summed E-state index contributed by atoms with van der Waals surface area (Å²) in [6, 6.07) is 8.70. The van der Waals surface area contributed by atoms with Gasteiger partial charge in [-0.25, -0.2) is 0 Å². The van der Waals surface area contributed by atoms with Gasteiger partial charge < -0.3 is 0 Å². The monoisotopic (exact) mass is 154 g/mol. The molecule has 0 saturated carbocycles. The minimum absolute atomic E-state index is 1.09. The Labute approximate surface area is 73.9 Å². The maximum atomic E-state index is 2.19. The zero-order valence-corrected chi connectivity index (χ0v) is 7.25. The summed E-state index contributed by atoms with van der Waals surface area (Å²) in [5, 5.41) is 0. The average Bonchev–Trinajstić information content (AvgIpc) is 2.58. The van der Waals surface area contributed by atoms with E-state index in [9.17, 15) is 0 Å². The van der Waals surface area contributed by atoms with Crippen molar-refractivity contribution >= 4 is 12.8 Å². The van der Waals surface area contributed by atoms with Gasteiger partial charge in [0.2, 0.25) is 0 Å². The smallest absolute Gasteiger partial charge is 0.114 e. The molecular weight excluding hydrogens is 143 g/mol. The Hall–Kier alpha value is -1.24. The summed E-state index contributed by atoms with van der Waals surface area (Å²) in [6.07, 6.45) is 4.31. The molecule has 12 heavy (non-hydrogen) atoms. The first kappa shape index (κ1) is 7.42. The van der Waals surface area contributed by atoms with Crippen molar-refractivity contribution < 1.29 is 0 Å². The fourth-order valence-corrected chi connectivity index (χ4v) is 1.43. The summed E-state index contributed by atoms with van der Waals surface area (Å²) in [5.74, 6) is 2.19. The summed E-state index contributed by atoms with van der Waals surface area (Å²) in [7, 11) is 1.09. The van der Waals surface area contributed by atoms with Gasteiger partial charge in [-0.05, 0) is 12.5 Å². The van der Waals surface area contributed by atoms with Crippen molar-refractivity contribution in [2.24, 2.45) is 0 Å². The van der Waals surface area contributed by atoms with Crippen LogP contribution in [0.4, 0.5) is 0 Å². The Kier molecular flexibility index (Phi) is 1.87. The second kappa shape index (κ2) is 3.02. The third kappa shape index (κ3) is 1.35. The summed E-state index contributed by atoms with van der Waals surface area (Å²) in [5.41, 5.74) is 4.10. The van der Waals surface area contributed by atoms with Gasteiger partial charge in [-0.3, -0.25) is 0 Å². The van der Waals surface area contributed by atoms with Crippen LogP contribution in [0.2, 0.25) is 0 Å². The van der Waals surface area contributed by atoms with Crippen molar-refractivity contribution in [3.05, 3.63) is 53.5 Å². The highest BCUT2D eigenvalue weighted by atomic mass is 14.0. The molecule has 1 aromatic carbocycles. The molecule has 0 fully saturated rings. The molecule has 0 nitrogen and oxygen atoms in total. The van der Waals surface area contributed by atoms with Gasteiger partial charge in [0.25, 0.3) is 0 Å². The molecule has 0 unspecified atom stereocenters. The first-order chi connectivity index (χ1) is 5.86. The molecule has 0 atom stereocenters. The van der Waals surface area contributed by atoms with Crippen molar-refractivity contribution in [3.8, 4) is 0 Å². The molecule has 0 bridgehead atoms. The highest BCUT2D eigenvalue weighted by Gasteiger charge is 2.02. The maximum absolute atomic E-state index is 2.19. The Morgan fingerprint density at radius 2 is 1.83 bits per heavy atom.